The van der Waals surface area contributed by atoms with E-state index in [0.717, 1.165) is 31.2 Å². The first-order valence-corrected chi connectivity index (χ1v) is 14.0. The van der Waals surface area contributed by atoms with E-state index in [4.69, 9.17) is 42.9 Å². The molecule has 2 N–H and O–H groups in total. The van der Waals surface area contributed by atoms with Crippen LogP contribution in [0, 0.1) is 11.3 Å². The van der Waals surface area contributed by atoms with Gasteiger partial charge in [-0.15, -0.1) is 0 Å². The summed E-state index contributed by atoms with van der Waals surface area (Å²) in [4.78, 5) is 49.6. The Morgan fingerprint density at radius 3 is 2.17 bits per heavy atom. The number of aliphatic hydroxyl groups is 1. The minimum atomic E-state index is -0.639. The monoisotopic (exact) mass is 587 g/mol. The van der Waals surface area contributed by atoms with E-state index in [1.807, 2.05) is 24.0 Å². The number of benzene rings is 2. The van der Waals surface area contributed by atoms with E-state index in [0.29, 0.717) is 32.8 Å². The van der Waals surface area contributed by atoms with Gasteiger partial charge < -0.3 is 15.3 Å². The topological polar surface area (TPSA) is 116 Å². The molecule has 0 unspecified atom stereocenters. The fourth-order valence-corrected chi connectivity index (χ4v) is 6.19. The van der Waals surface area contributed by atoms with E-state index in [-0.39, 0.29) is 42.6 Å². The summed E-state index contributed by atoms with van der Waals surface area (Å²) in [5, 5.41) is 12.6. The lowest BCUT2D eigenvalue weighted by atomic mass is 9.69. The molecule has 2 amide bonds. The van der Waals surface area contributed by atoms with Crippen molar-refractivity contribution >= 4 is 46.9 Å². The van der Waals surface area contributed by atoms with E-state index in [1.54, 1.807) is 30.3 Å². The molecule has 2 aliphatic rings. The van der Waals surface area contributed by atoms with E-state index >= 15 is 0 Å². The maximum absolute atomic E-state index is 14.0. The predicted molar refractivity (Wildman–Crippen MR) is 153 cm³/mol. The maximum atomic E-state index is 14.0. The zero-order chi connectivity index (χ0) is 29.7. The first-order valence-electron chi connectivity index (χ1n) is 13.2. The summed E-state index contributed by atoms with van der Waals surface area (Å²) in [7, 11) is 0. The Morgan fingerprint density at radius 2 is 1.68 bits per heavy atom. The van der Waals surface area contributed by atoms with Crippen molar-refractivity contribution in [3.63, 3.8) is 0 Å². The minimum Gasteiger partial charge on any atom is -0.395 e. The standard InChI is InChI=1S/C29H35Cl2N3O3.CO2/c1-18(19-5-7-20(8-6-19)26(36)32-13-14-35)34-27(37)25(21-15-23(30)17-24(31)16-21)33-29(34)11-9-22(10-12-29)28(2,3)4;2-1-3/h5-8,15-18,22,35H,9-14H2,1-4H3,(H,32,36);/t18-,22?,29?;/m1./s1. The molecule has 1 heterocycles. The lowest BCUT2D eigenvalue weighted by molar-refractivity contribution is -0.191. The summed E-state index contributed by atoms with van der Waals surface area (Å²) in [5.74, 6) is 0.178. The van der Waals surface area contributed by atoms with Crippen molar-refractivity contribution in [3.05, 3.63) is 69.2 Å². The van der Waals surface area contributed by atoms with Gasteiger partial charge in [-0.25, -0.2) is 0 Å². The van der Waals surface area contributed by atoms with Crippen molar-refractivity contribution in [1.29, 1.82) is 0 Å². The summed E-state index contributed by atoms with van der Waals surface area (Å²) in [6.45, 7) is 8.92. The molecule has 2 aromatic rings. The predicted octanol–water partition coefficient (Wildman–Crippen LogP) is 5.46. The van der Waals surface area contributed by atoms with Crippen LogP contribution in [0.25, 0.3) is 0 Å². The number of hydrogen-bond acceptors (Lipinski definition) is 6. The van der Waals surface area contributed by atoms with Gasteiger partial charge in [-0.05, 0) is 79.8 Å². The largest absolute Gasteiger partial charge is 0.395 e. The van der Waals surface area contributed by atoms with Crippen LogP contribution in [-0.2, 0) is 14.4 Å². The summed E-state index contributed by atoms with van der Waals surface area (Å²) in [5.41, 5.74) is 2.00. The van der Waals surface area contributed by atoms with Crippen LogP contribution in [0.2, 0.25) is 10.0 Å². The van der Waals surface area contributed by atoms with Crippen molar-refractivity contribution in [2.24, 2.45) is 16.3 Å². The number of carbonyl (C=O) groups is 2. The Labute approximate surface area is 244 Å². The Bertz CT molecular complexity index is 1270. The lowest BCUT2D eigenvalue weighted by Gasteiger charge is -2.46. The molecule has 1 saturated carbocycles. The SMILES string of the molecule is C[C@H](c1ccc(C(=O)NCCO)cc1)N1C(=O)C(c2cc(Cl)cc(Cl)c2)=NC12CCC(C(C)(C)C)CC2.O=C=O. The molecule has 1 aliphatic heterocycles. The summed E-state index contributed by atoms with van der Waals surface area (Å²) in [6, 6.07) is 12.1. The fourth-order valence-electron chi connectivity index (χ4n) is 5.66. The number of aliphatic hydroxyl groups excluding tert-OH is 1. The quantitative estimate of drug-likeness (QED) is 0.465. The highest BCUT2D eigenvalue weighted by atomic mass is 35.5. The van der Waals surface area contributed by atoms with E-state index in [9.17, 15) is 9.59 Å². The Morgan fingerprint density at radius 1 is 1.12 bits per heavy atom. The second-order valence-electron chi connectivity index (χ2n) is 11.3. The molecule has 8 nitrogen and oxygen atoms in total. The third kappa shape index (κ3) is 6.99. The number of halogens is 2. The first kappa shape index (κ1) is 31.5. The van der Waals surface area contributed by atoms with Gasteiger partial charge in [-0.3, -0.25) is 14.6 Å². The van der Waals surface area contributed by atoms with Crippen LogP contribution >= 0.6 is 23.2 Å². The summed E-state index contributed by atoms with van der Waals surface area (Å²) in [6.07, 6.45) is 3.78. The average Bonchev–Trinajstić information content (AvgIpc) is 3.17. The highest BCUT2D eigenvalue weighted by Gasteiger charge is 2.52. The normalized spacial score (nSPS) is 21.3. The van der Waals surface area contributed by atoms with Crippen LogP contribution in [0.4, 0.5) is 0 Å². The zero-order valence-corrected chi connectivity index (χ0v) is 24.7. The van der Waals surface area contributed by atoms with Crippen molar-refractivity contribution < 1.29 is 24.3 Å². The van der Waals surface area contributed by atoms with Gasteiger partial charge >= 0.3 is 6.15 Å². The number of aliphatic imine (C=N–C) groups is 1. The molecule has 4 rings (SSSR count). The van der Waals surface area contributed by atoms with E-state index in [1.165, 1.54) is 0 Å². The molecule has 214 valence electrons. The Kier molecular flexibility index (Phi) is 10.3. The smallest absolute Gasteiger partial charge is 0.373 e. The summed E-state index contributed by atoms with van der Waals surface area (Å²) < 4.78 is 0. The number of rotatable bonds is 6. The molecule has 40 heavy (non-hydrogen) atoms. The second-order valence-corrected chi connectivity index (χ2v) is 12.2. The Hall–Kier alpha value is -3.03. The molecule has 1 fully saturated rings. The molecule has 0 aromatic heterocycles. The molecule has 0 saturated heterocycles. The average molecular weight is 589 g/mol. The molecule has 0 bridgehead atoms. The minimum absolute atomic E-state index is 0.115. The number of amides is 2. The van der Waals surface area contributed by atoms with E-state index < -0.39 is 5.66 Å². The fraction of sp³-hybridized carbons (Fsp3) is 0.467. The van der Waals surface area contributed by atoms with Gasteiger partial charge in [0.25, 0.3) is 11.8 Å². The number of nitrogens with one attached hydrogen (secondary N) is 1. The van der Waals surface area contributed by atoms with Crippen LogP contribution in [-0.4, -0.2) is 52.5 Å². The van der Waals surface area contributed by atoms with Gasteiger partial charge in [0.15, 0.2) is 0 Å². The van der Waals surface area contributed by atoms with Gasteiger partial charge in [0.05, 0.1) is 12.6 Å². The number of hydrogen-bond donors (Lipinski definition) is 2. The number of nitrogens with zero attached hydrogens (tertiary/aromatic N) is 2. The molecule has 1 spiro atoms. The van der Waals surface area contributed by atoms with Crippen LogP contribution in [0.15, 0.2) is 47.5 Å². The second kappa shape index (κ2) is 13.1. The van der Waals surface area contributed by atoms with Gasteiger partial charge in [-0.1, -0.05) is 56.1 Å². The van der Waals surface area contributed by atoms with Crippen molar-refractivity contribution in [3.8, 4) is 0 Å². The van der Waals surface area contributed by atoms with Gasteiger partial charge in [-0.2, -0.15) is 9.59 Å². The third-order valence-corrected chi connectivity index (χ3v) is 8.21. The van der Waals surface area contributed by atoms with Crippen LogP contribution in [0.1, 0.15) is 80.9 Å². The van der Waals surface area contributed by atoms with Crippen molar-refractivity contribution in [2.75, 3.05) is 13.2 Å². The zero-order valence-electron chi connectivity index (χ0n) is 23.2. The molecule has 1 aliphatic carbocycles. The van der Waals surface area contributed by atoms with Crippen molar-refractivity contribution in [1.82, 2.24) is 10.2 Å². The van der Waals surface area contributed by atoms with E-state index in [2.05, 4.69) is 26.1 Å². The third-order valence-electron chi connectivity index (χ3n) is 7.78. The van der Waals surface area contributed by atoms with Crippen molar-refractivity contribution in [2.45, 2.75) is 65.1 Å². The first-order chi connectivity index (χ1) is 18.9. The van der Waals surface area contributed by atoms with Gasteiger partial charge in [0.2, 0.25) is 0 Å². The number of carbonyl (C=O) groups excluding carboxylic acids is 4. The van der Waals surface area contributed by atoms with Gasteiger partial charge in [0, 0.05) is 27.7 Å². The highest BCUT2D eigenvalue weighted by Crippen LogP contribution is 2.49. The molecule has 1 atom stereocenters. The van der Waals surface area contributed by atoms with Crippen LogP contribution in [0.5, 0.6) is 0 Å². The van der Waals surface area contributed by atoms with Gasteiger partial charge in [0.1, 0.15) is 11.4 Å². The molecule has 10 heteroatoms. The molecule has 2 aromatic carbocycles. The molecular weight excluding hydrogens is 553 g/mol. The summed E-state index contributed by atoms with van der Waals surface area (Å²) >= 11 is 12.6. The lowest BCUT2D eigenvalue weighted by Crippen LogP contribution is -2.50. The van der Waals surface area contributed by atoms with Crippen LogP contribution in [0.3, 0.4) is 0 Å². The Balaban J connectivity index is 0.00000141. The molecular formula is C30H35Cl2N3O5. The van der Waals surface area contributed by atoms with Crippen LogP contribution < -0.4 is 5.32 Å². The molecule has 0 radical (unpaired) electrons. The highest BCUT2D eigenvalue weighted by molar-refractivity contribution is 6.47. The maximum Gasteiger partial charge on any atom is 0.373 e.